The molecule has 1 saturated heterocycles. The first-order valence-corrected chi connectivity index (χ1v) is 13.0. The number of carbonyl (C=O) groups is 1. The van der Waals surface area contributed by atoms with Crippen molar-refractivity contribution in [2.75, 3.05) is 30.8 Å². The normalized spacial score (nSPS) is 26.0. The van der Waals surface area contributed by atoms with Gasteiger partial charge in [-0.1, -0.05) is 12.5 Å². The van der Waals surface area contributed by atoms with Gasteiger partial charge >= 0.3 is 0 Å². The van der Waals surface area contributed by atoms with Gasteiger partial charge in [0.15, 0.2) is 0 Å². The summed E-state index contributed by atoms with van der Waals surface area (Å²) < 4.78 is 5.99. The van der Waals surface area contributed by atoms with E-state index in [1.807, 2.05) is 26.2 Å². The Morgan fingerprint density at radius 2 is 2.15 bits per heavy atom. The van der Waals surface area contributed by atoms with Crippen LogP contribution in [0.1, 0.15) is 52.3 Å². The van der Waals surface area contributed by atoms with Crippen molar-refractivity contribution >= 4 is 39.0 Å². The van der Waals surface area contributed by atoms with E-state index in [1.165, 1.54) is 29.7 Å². The van der Waals surface area contributed by atoms with Gasteiger partial charge in [-0.3, -0.25) is 4.79 Å². The van der Waals surface area contributed by atoms with Gasteiger partial charge in [-0.2, -0.15) is 0 Å². The summed E-state index contributed by atoms with van der Waals surface area (Å²) in [6, 6.07) is 8.29. The van der Waals surface area contributed by atoms with Crippen LogP contribution in [0, 0.1) is 12.8 Å². The van der Waals surface area contributed by atoms with E-state index < -0.39 is 0 Å². The number of aromatic nitrogens is 2. The summed E-state index contributed by atoms with van der Waals surface area (Å²) in [4.78, 5) is 26.4. The number of thiophene rings is 1. The molecule has 178 valence electrons. The molecule has 6 rings (SSSR count). The van der Waals surface area contributed by atoms with E-state index in [0.29, 0.717) is 16.5 Å². The molecule has 1 aliphatic heterocycles. The summed E-state index contributed by atoms with van der Waals surface area (Å²) in [7, 11) is 1.86. The molecule has 34 heavy (non-hydrogen) atoms. The summed E-state index contributed by atoms with van der Waals surface area (Å²) in [5.74, 6) is 1.56. The van der Waals surface area contributed by atoms with Crippen molar-refractivity contribution in [3.05, 3.63) is 46.1 Å². The fourth-order valence-corrected chi connectivity index (χ4v) is 7.19. The Balaban J connectivity index is 1.15. The summed E-state index contributed by atoms with van der Waals surface area (Å²) >= 11 is 1.37. The molecule has 2 aliphatic carbocycles. The first-order valence-electron chi connectivity index (χ1n) is 12.2. The summed E-state index contributed by atoms with van der Waals surface area (Å²) in [6.45, 7) is 3.91. The Hall–Kier alpha value is -2.71. The maximum absolute atomic E-state index is 13.0. The SMILES string of the molecule is CO[C@]12CCC[C@@H]1CN(c1ccc3c(n1)CC[C@H](NC(=O)c1sc4nc(C)ccc4c1N)C3)C2. The molecule has 0 radical (unpaired) electrons. The number of ether oxygens (including phenoxy) is 1. The number of fused-ring (bicyclic) bond motifs is 3. The molecule has 1 saturated carbocycles. The number of hydrogen-bond donors (Lipinski definition) is 2. The van der Waals surface area contributed by atoms with Crippen LogP contribution in [0.25, 0.3) is 10.2 Å². The molecule has 3 aromatic heterocycles. The quantitative estimate of drug-likeness (QED) is 0.593. The van der Waals surface area contributed by atoms with E-state index >= 15 is 0 Å². The van der Waals surface area contributed by atoms with Crippen LogP contribution in [0.5, 0.6) is 0 Å². The number of nitrogens with zero attached hydrogens (tertiary/aromatic N) is 3. The molecule has 0 aromatic carbocycles. The molecule has 2 fully saturated rings. The number of pyridine rings is 2. The average Bonchev–Trinajstić information content (AvgIpc) is 3.49. The first-order chi connectivity index (χ1) is 16.5. The lowest BCUT2D eigenvalue weighted by atomic mass is 9.91. The first kappa shape index (κ1) is 21.8. The largest absolute Gasteiger partial charge is 0.397 e. The summed E-state index contributed by atoms with van der Waals surface area (Å²) in [6.07, 6.45) is 6.20. The second-order valence-electron chi connectivity index (χ2n) is 10.1. The highest BCUT2D eigenvalue weighted by Crippen LogP contribution is 2.45. The van der Waals surface area contributed by atoms with Gasteiger partial charge < -0.3 is 20.7 Å². The fourth-order valence-electron chi connectivity index (χ4n) is 6.15. The molecule has 8 heteroatoms. The highest BCUT2D eigenvalue weighted by atomic mass is 32.1. The van der Waals surface area contributed by atoms with Crippen molar-refractivity contribution in [2.45, 2.75) is 57.1 Å². The van der Waals surface area contributed by atoms with Crippen LogP contribution in [0.15, 0.2) is 24.3 Å². The fraction of sp³-hybridized carbons (Fsp3) is 0.500. The van der Waals surface area contributed by atoms with E-state index in [-0.39, 0.29) is 17.6 Å². The molecule has 3 aromatic rings. The number of hydrogen-bond acceptors (Lipinski definition) is 7. The van der Waals surface area contributed by atoms with Crippen molar-refractivity contribution in [1.29, 1.82) is 0 Å². The number of methoxy groups -OCH3 is 1. The standard InChI is InChI=1S/C26H31N5O2S/c1-15-5-8-19-22(27)23(34-25(19)28-15)24(32)29-18-7-9-20-16(12-18)6-10-21(30-20)31-13-17-4-3-11-26(17,14-31)33-2/h5-6,8,10,17-18H,3-4,7,9,11-14,27H2,1-2H3,(H,29,32)/t17-,18+,26+/m1/s1. The van der Waals surface area contributed by atoms with Crippen LogP contribution in [-0.4, -0.2) is 47.7 Å². The third-order valence-corrected chi connectivity index (χ3v) is 9.16. The maximum Gasteiger partial charge on any atom is 0.263 e. The number of aryl methyl sites for hydroxylation is 2. The summed E-state index contributed by atoms with van der Waals surface area (Å²) in [5, 5.41) is 4.06. The van der Waals surface area contributed by atoms with Gasteiger partial charge in [-0.15, -0.1) is 11.3 Å². The predicted octanol–water partition coefficient (Wildman–Crippen LogP) is 3.87. The molecule has 0 bridgehead atoms. The van der Waals surface area contributed by atoms with Crippen molar-refractivity contribution < 1.29 is 9.53 Å². The number of anilines is 2. The van der Waals surface area contributed by atoms with E-state index in [4.69, 9.17) is 15.5 Å². The van der Waals surface area contributed by atoms with Crippen LogP contribution in [0.2, 0.25) is 0 Å². The maximum atomic E-state index is 13.0. The molecule has 1 amide bonds. The van der Waals surface area contributed by atoms with Gasteiger partial charge in [0.05, 0.1) is 11.3 Å². The number of nitrogens with two attached hydrogens (primary N) is 1. The average molecular weight is 478 g/mol. The molecular formula is C26H31N5O2S. The number of nitrogen functional groups attached to an aromatic ring is 1. The van der Waals surface area contributed by atoms with Gasteiger partial charge in [0.2, 0.25) is 0 Å². The number of nitrogens with one attached hydrogen (secondary N) is 1. The van der Waals surface area contributed by atoms with Gasteiger partial charge in [-0.25, -0.2) is 9.97 Å². The molecule has 3 aliphatic rings. The number of amides is 1. The highest BCUT2D eigenvalue weighted by molar-refractivity contribution is 7.21. The molecular weight excluding hydrogens is 446 g/mol. The lowest BCUT2D eigenvalue weighted by Crippen LogP contribution is -2.39. The minimum absolute atomic E-state index is 0.00954. The lowest BCUT2D eigenvalue weighted by Gasteiger charge is -2.28. The van der Waals surface area contributed by atoms with E-state index in [9.17, 15) is 4.79 Å². The molecule has 3 atom stereocenters. The molecule has 7 nitrogen and oxygen atoms in total. The zero-order valence-corrected chi connectivity index (χ0v) is 20.6. The third kappa shape index (κ3) is 3.55. The second-order valence-corrected chi connectivity index (χ2v) is 11.1. The van der Waals surface area contributed by atoms with Crippen LogP contribution < -0.4 is 16.0 Å². The van der Waals surface area contributed by atoms with E-state index in [0.717, 1.165) is 66.2 Å². The number of carbonyl (C=O) groups excluding carboxylic acids is 1. The molecule has 0 spiro atoms. The van der Waals surface area contributed by atoms with Crippen molar-refractivity contribution in [1.82, 2.24) is 15.3 Å². The Morgan fingerprint density at radius 1 is 1.26 bits per heavy atom. The van der Waals surface area contributed by atoms with Crippen molar-refractivity contribution in [3.63, 3.8) is 0 Å². The summed E-state index contributed by atoms with van der Waals surface area (Å²) in [5.41, 5.74) is 10.1. The minimum Gasteiger partial charge on any atom is -0.397 e. The number of rotatable bonds is 4. The molecule has 3 N–H and O–H groups in total. The Labute approximate surface area is 203 Å². The zero-order valence-electron chi connectivity index (χ0n) is 19.8. The van der Waals surface area contributed by atoms with E-state index in [2.05, 4.69) is 27.3 Å². The Kier molecular flexibility index (Phi) is 5.26. The van der Waals surface area contributed by atoms with Crippen molar-refractivity contribution in [2.24, 2.45) is 5.92 Å². The lowest BCUT2D eigenvalue weighted by molar-refractivity contribution is -0.0108. The van der Waals surface area contributed by atoms with Gasteiger partial charge in [0, 0.05) is 48.9 Å². The van der Waals surface area contributed by atoms with Crippen molar-refractivity contribution in [3.8, 4) is 0 Å². The minimum atomic E-state index is -0.107. The van der Waals surface area contributed by atoms with Gasteiger partial charge in [-0.05, 0) is 62.8 Å². The highest BCUT2D eigenvalue weighted by Gasteiger charge is 2.50. The van der Waals surface area contributed by atoms with Crippen LogP contribution in [-0.2, 0) is 17.6 Å². The zero-order chi connectivity index (χ0) is 23.4. The van der Waals surface area contributed by atoms with Crippen LogP contribution in [0.4, 0.5) is 11.5 Å². The second kappa shape index (κ2) is 8.20. The predicted molar refractivity (Wildman–Crippen MR) is 136 cm³/mol. The monoisotopic (exact) mass is 477 g/mol. The van der Waals surface area contributed by atoms with Crippen LogP contribution in [0.3, 0.4) is 0 Å². The van der Waals surface area contributed by atoms with Gasteiger partial charge in [0.1, 0.15) is 15.5 Å². The molecule has 0 unspecified atom stereocenters. The van der Waals surface area contributed by atoms with Gasteiger partial charge in [0.25, 0.3) is 5.91 Å². The van der Waals surface area contributed by atoms with E-state index in [1.54, 1.807) is 0 Å². The smallest absolute Gasteiger partial charge is 0.263 e. The Morgan fingerprint density at radius 3 is 2.97 bits per heavy atom. The Bertz CT molecular complexity index is 1270. The molecule has 4 heterocycles. The third-order valence-electron chi connectivity index (χ3n) is 8.05. The van der Waals surface area contributed by atoms with Crippen LogP contribution >= 0.6 is 11.3 Å². The topological polar surface area (TPSA) is 93.4 Å².